The molecule has 2 aromatic rings. The third-order valence-electron chi connectivity index (χ3n) is 2.68. The van der Waals surface area contributed by atoms with E-state index in [-0.39, 0.29) is 11.6 Å². The molecule has 0 saturated heterocycles. The van der Waals surface area contributed by atoms with Crippen LogP contribution in [0, 0.1) is 25.2 Å². The van der Waals surface area contributed by atoms with Gasteiger partial charge in [0.05, 0.1) is 5.56 Å². The van der Waals surface area contributed by atoms with Crippen molar-refractivity contribution in [2.24, 2.45) is 0 Å². The summed E-state index contributed by atoms with van der Waals surface area (Å²) in [7, 11) is 0. The Morgan fingerprint density at radius 2 is 2.26 bits per heavy atom. The second kappa shape index (κ2) is 5.39. The van der Waals surface area contributed by atoms with E-state index in [0.29, 0.717) is 15.6 Å². The molecule has 0 spiro atoms. The molecule has 0 bridgehead atoms. The molecule has 1 N–H and O–H groups in total. The van der Waals surface area contributed by atoms with Gasteiger partial charge in [-0.1, -0.05) is 11.6 Å². The van der Waals surface area contributed by atoms with Gasteiger partial charge in [-0.3, -0.25) is 9.78 Å². The van der Waals surface area contributed by atoms with Gasteiger partial charge >= 0.3 is 0 Å². The molecule has 2 heterocycles. The summed E-state index contributed by atoms with van der Waals surface area (Å²) >= 11 is 7.19. The van der Waals surface area contributed by atoms with E-state index < -0.39 is 0 Å². The Hall–Kier alpha value is -1.90. The predicted octanol–water partition coefficient (Wildman–Crippen LogP) is 3.54. The second-order valence-electron chi connectivity index (χ2n) is 3.91. The zero-order valence-electron chi connectivity index (χ0n) is 10.3. The summed E-state index contributed by atoms with van der Waals surface area (Å²) < 4.78 is 0. The van der Waals surface area contributed by atoms with Crippen LogP contribution < -0.4 is 5.32 Å². The molecule has 0 fully saturated rings. The average Bonchev–Trinajstić information content (AvgIpc) is 2.64. The van der Waals surface area contributed by atoms with Crippen LogP contribution in [0.3, 0.4) is 0 Å². The van der Waals surface area contributed by atoms with Gasteiger partial charge in [0.15, 0.2) is 0 Å². The summed E-state index contributed by atoms with van der Waals surface area (Å²) in [6.45, 7) is 3.77. The highest BCUT2D eigenvalue weighted by atomic mass is 35.5. The van der Waals surface area contributed by atoms with Gasteiger partial charge in [-0.25, -0.2) is 0 Å². The van der Waals surface area contributed by atoms with E-state index in [1.54, 1.807) is 6.07 Å². The minimum absolute atomic E-state index is 0.222. The Kier molecular flexibility index (Phi) is 3.84. The van der Waals surface area contributed by atoms with Gasteiger partial charge in [-0.2, -0.15) is 5.26 Å². The molecule has 0 atom stereocenters. The third kappa shape index (κ3) is 2.75. The fourth-order valence-electron chi connectivity index (χ4n) is 1.55. The van der Waals surface area contributed by atoms with Crippen molar-refractivity contribution in [3.05, 3.63) is 45.1 Å². The van der Waals surface area contributed by atoms with E-state index in [0.717, 1.165) is 10.4 Å². The molecule has 0 saturated carbocycles. The molecule has 0 radical (unpaired) electrons. The number of aryl methyl sites for hydroxylation is 1. The molecular formula is C13H10ClN3OS. The van der Waals surface area contributed by atoms with Gasteiger partial charge in [0, 0.05) is 16.1 Å². The van der Waals surface area contributed by atoms with Crippen molar-refractivity contribution in [2.45, 2.75) is 13.8 Å². The summed E-state index contributed by atoms with van der Waals surface area (Å²) in [5, 5.41) is 12.8. The molecule has 1 amide bonds. The van der Waals surface area contributed by atoms with E-state index >= 15 is 0 Å². The molecule has 2 aromatic heterocycles. The van der Waals surface area contributed by atoms with E-state index in [2.05, 4.69) is 16.4 Å². The molecule has 0 aliphatic heterocycles. The zero-order valence-corrected chi connectivity index (χ0v) is 11.9. The van der Waals surface area contributed by atoms with Crippen LogP contribution in [0.1, 0.15) is 26.5 Å². The van der Waals surface area contributed by atoms with Crippen LogP contribution in [0.4, 0.5) is 5.00 Å². The summed E-state index contributed by atoms with van der Waals surface area (Å²) in [6, 6.07) is 5.18. The number of nitrogens with zero attached hydrogens (tertiary/aromatic N) is 2. The van der Waals surface area contributed by atoms with Gasteiger partial charge in [-0.05, 0) is 31.5 Å². The van der Waals surface area contributed by atoms with E-state index in [9.17, 15) is 4.79 Å². The normalized spacial score (nSPS) is 10.0. The number of aromatic nitrogens is 1. The van der Waals surface area contributed by atoms with E-state index in [4.69, 9.17) is 16.9 Å². The van der Waals surface area contributed by atoms with Crippen molar-refractivity contribution in [2.75, 3.05) is 5.32 Å². The Morgan fingerprint density at radius 3 is 2.89 bits per heavy atom. The number of pyridine rings is 1. The van der Waals surface area contributed by atoms with Crippen LogP contribution >= 0.6 is 22.9 Å². The number of halogens is 1. The number of hydrogen-bond acceptors (Lipinski definition) is 4. The third-order valence-corrected chi connectivity index (χ3v) is 4.04. The highest BCUT2D eigenvalue weighted by Gasteiger charge is 2.16. The standard InChI is InChI=1S/C13H10ClN3OS/c1-7-8(2)19-13(10(7)6-15)17-12(18)11-5-9(14)3-4-16-11/h3-5H,1-2H3,(H,17,18). The maximum atomic E-state index is 12.0. The Morgan fingerprint density at radius 1 is 1.53 bits per heavy atom. The lowest BCUT2D eigenvalue weighted by atomic mass is 10.2. The van der Waals surface area contributed by atoms with Crippen LogP contribution in [0.25, 0.3) is 0 Å². The van der Waals surface area contributed by atoms with Crippen LogP contribution in [0.2, 0.25) is 5.02 Å². The van der Waals surface area contributed by atoms with Crippen molar-refractivity contribution < 1.29 is 4.79 Å². The maximum absolute atomic E-state index is 12.0. The lowest BCUT2D eigenvalue weighted by Crippen LogP contribution is -2.13. The largest absolute Gasteiger partial charge is 0.311 e. The molecule has 0 aliphatic rings. The number of carbonyl (C=O) groups excluding carboxylic acids is 1. The Labute approximate surface area is 119 Å². The van der Waals surface area contributed by atoms with Crippen LogP contribution in [-0.4, -0.2) is 10.9 Å². The number of thiophene rings is 1. The van der Waals surface area contributed by atoms with Gasteiger partial charge in [-0.15, -0.1) is 11.3 Å². The van der Waals surface area contributed by atoms with Gasteiger partial charge in [0.25, 0.3) is 5.91 Å². The number of nitriles is 1. The van der Waals surface area contributed by atoms with Crippen molar-refractivity contribution in [1.82, 2.24) is 4.98 Å². The lowest BCUT2D eigenvalue weighted by Gasteiger charge is -2.02. The molecule has 19 heavy (non-hydrogen) atoms. The minimum Gasteiger partial charge on any atom is -0.311 e. The fourth-order valence-corrected chi connectivity index (χ4v) is 2.71. The highest BCUT2D eigenvalue weighted by Crippen LogP contribution is 2.31. The van der Waals surface area contributed by atoms with Gasteiger partial charge in [0.1, 0.15) is 16.8 Å². The average molecular weight is 292 g/mol. The van der Waals surface area contributed by atoms with E-state index in [1.165, 1.54) is 23.6 Å². The first kappa shape index (κ1) is 13.5. The number of rotatable bonds is 2. The minimum atomic E-state index is -0.375. The first-order chi connectivity index (χ1) is 9.02. The van der Waals surface area contributed by atoms with Crippen molar-refractivity contribution >= 4 is 33.8 Å². The highest BCUT2D eigenvalue weighted by molar-refractivity contribution is 7.16. The number of hydrogen-bond donors (Lipinski definition) is 1. The Bertz CT molecular complexity index is 688. The monoisotopic (exact) mass is 291 g/mol. The molecule has 4 nitrogen and oxygen atoms in total. The maximum Gasteiger partial charge on any atom is 0.274 e. The molecule has 6 heteroatoms. The van der Waals surface area contributed by atoms with Crippen molar-refractivity contribution in [3.8, 4) is 6.07 Å². The number of nitrogens with one attached hydrogen (secondary N) is 1. The first-order valence-corrected chi connectivity index (χ1v) is 6.65. The molecule has 0 aliphatic carbocycles. The number of carbonyl (C=O) groups is 1. The number of amides is 1. The zero-order chi connectivity index (χ0) is 14.0. The van der Waals surface area contributed by atoms with Crippen LogP contribution in [-0.2, 0) is 0 Å². The molecule has 0 aromatic carbocycles. The van der Waals surface area contributed by atoms with Gasteiger partial charge in [0.2, 0.25) is 0 Å². The van der Waals surface area contributed by atoms with E-state index in [1.807, 2.05) is 13.8 Å². The predicted molar refractivity (Wildman–Crippen MR) is 75.7 cm³/mol. The molecule has 0 unspecified atom stereocenters. The van der Waals surface area contributed by atoms with Crippen LogP contribution in [0.5, 0.6) is 0 Å². The first-order valence-electron chi connectivity index (χ1n) is 5.46. The topological polar surface area (TPSA) is 65.8 Å². The van der Waals surface area contributed by atoms with Crippen molar-refractivity contribution in [1.29, 1.82) is 5.26 Å². The molecular weight excluding hydrogens is 282 g/mol. The fraction of sp³-hybridized carbons (Fsp3) is 0.154. The molecule has 2 rings (SSSR count). The summed E-state index contributed by atoms with van der Waals surface area (Å²) in [5.74, 6) is -0.375. The van der Waals surface area contributed by atoms with Crippen LogP contribution in [0.15, 0.2) is 18.3 Å². The summed E-state index contributed by atoms with van der Waals surface area (Å²) in [5.41, 5.74) is 1.61. The van der Waals surface area contributed by atoms with Crippen molar-refractivity contribution in [3.63, 3.8) is 0 Å². The smallest absolute Gasteiger partial charge is 0.274 e. The lowest BCUT2D eigenvalue weighted by molar-refractivity contribution is 0.102. The summed E-state index contributed by atoms with van der Waals surface area (Å²) in [4.78, 5) is 17.0. The second-order valence-corrected chi connectivity index (χ2v) is 5.57. The SMILES string of the molecule is Cc1sc(NC(=O)c2cc(Cl)ccn2)c(C#N)c1C. The quantitative estimate of drug-likeness (QED) is 0.920. The summed E-state index contributed by atoms with van der Waals surface area (Å²) in [6.07, 6.45) is 1.47. The van der Waals surface area contributed by atoms with Gasteiger partial charge < -0.3 is 5.32 Å². The Balaban J connectivity index is 2.30. The number of anilines is 1. The molecule has 96 valence electrons.